The monoisotopic (exact) mass is 387 g/mol. The topological polar surface area (TPSA) is 56.1 Å². The van der Waals surface area contributed by atoms with Crippen molar-refractivity contribution in [2.24, 2.45) is 0 Å². The molecule has 3 rings (SSSR count). The summed E-state index contributed by atoms with van der Waals surface area (Å²) in [5.41, 5.74) is 2.66. The van der Waals surface area contributed by atoms with Gasteiger partial charge >= 0.3 is 0 Å². The lowest BCUT2D eigenvalue weighted by molar-refractivity contribution is 0.0950. The second-order valence-electron chi connectivity index (χ2n) is 6.07. The third-order valence-electron chi connectivity index (χ3n) is 4.15. The van der Waals surface area contributed by atoms with Crippen molar-refractivity contribution in [3.63, 3.8) is 0 Å². The van der Waals surface area contributed by atoms with Gasteiger partial charge in [-0.1, -0.05) is 35.9 Å². The van der Waals surface area contributed by atoms with Crippen molar-refractivity contribution in [3.8, 4) is 5.75 Å². The Morgan fingerprint density at radius 3 is 2.41 bits per heavy atom. The maximum absolute atomic E-state index is 13.0. The third-order valence-corrected chi connectivity index (χ3v) is 4.53. The van der Waals surface area contributed by atoms with Crippen LogP contribution in [-0.4, -0.2) is 22.8 Å². The van der Waals surface area contributed by atoms with E-state index >= 15 is 0 Å². The fraction of sp³-hybridized carbons (Fsp3) is 0.200. The Morgan fingerprint density at radius 2 is 1.78 bits per heavy atom. The molecule has 0 atom stereocenters. The first kappa shape index (κ1) is 18.9. The van der Waals surface area contributed by atoms with Gasteiger partial charge in [-0.25, -0.2) is 9.07 Å². The number of amides is 1. The fourth-order valence-corrected chi connectivity index (χ4v) is 3.01. The van der Waals surface area contributed by atoms with Crippen LogP contribution in [0.2, 0.25) is 5.15 Å². The van der Waals surface area contributed by atoms with E-state index in [0.717, 1.165) is 16.9 Å². The number of nitrogens with one attached hydrogen (secondary N) is 1. The van der Waals surface area contributed by atoms with E-state index in [-0.39, 0.29) is 16.9 Å². The number of halogens is 2. The standard InChI is InChI=1S/C20H19ClFN3O2/c1-13-18(20(26)23-11-14-5-9-17(27-2)10-6-14)19(21)25(24-13)12-15-3-7-16(22)8-4-15/h3-10H,11-12H2,1-2H3,(H,23,26). The summed E-state index contributed by atoms with van der Waals surface area (Å²) in [7, 11) is 1.60. The van der Waals surface area contributed by atoms with Gasteiger partial charge in [0.1, 0.15) is 16.7 Å². The summed E-state index contributed by atoms with van der Waals surface area (Å²) < 4.78 is 19.7. The van der Waals surface area contributed by atoms with Crippen LogP contribution in [0.3, 0.4) is 0 Å². The molecule has 0 radical (unpaired) electrons. The van der Waals surface area contributed by atoms with Gasteiger partial charge < -0.3 is 10.1 Å². The van der Waals surface area contributed by atoms with E-state index in [9.17, 15) is 9.18 Å². The van der Waals surface area contributed by atoms with Crippen molar-refractivity contribution >= 4 is 17.5 Å². The molecule has 0 aliphatic rings. The number of nitrogens with zero attached hydrogens (tertiary/aromatic N) is 2. The Morgan fingerprint density at radius 1 is 1.15 bits per heavy atom. The van der Waals surface area contributed by atoms with E-state index in [0.29, 0.717) is 24.3 Å². The zero-order valence-electron chi connectivity index (χ0n) is 15.0. The molecule has 2 aromatic carbocycles. The van der Waals surface area contributed by atoms with Crippen molar-refractivity contribution in [2.75, 3.05) is 7.11 Å². The summed E-state index contributed by atoms with van der Waals surface area (Å²) in [6.07, 6.45) is 0. The molecule has 0 spiro atoms. The summed E-state index contributed by atoms with van der Waals surface area (Å²) in [5.74, 6) is 0.157. The van der Waals surface area contributed by atoms with Crippen LogP contribution in [0.25, 0.3) is 0 Å². The molecule has 0 saturated heterocycles. The summed E-state index contributed by atoms with van der Waals surface area (Å²) in [6, 6.07) is 13.5. The summed E-state index contributed by atoms with van der Waals surface area (Å²) in [6.45, 7) is 2.45. The zero-order valence-corrected chi connectivity index (χ0v) is 15.8. The number of carbonyl (C=O) groups excluding carboxylic acids is 1. The smallest absolute Gasteiger partial charge is 0.256 e. The molecule has 3 aromatic rings. The molecule has 140 valence electrons. The van der Waals surface area contributed by atoms with Crippen molar-refractivity contribution in [1.29, 1.82) is 0 Å². The minimum absolute atomic E-state index is 0.254. The van der Waals surface area contributed by atoms with E-state index in [1.807, 2.05) is 24.3 Å². The minimum atomic E-state index is -0.305. The predicted octanol–water partition coefficient (Wildman–Crippen LogP) is 3.97. The first-order valence-corrected chi connectivity index (χ1v) is 8.74. The van der Waals surface area contributed by atoms with Gasteiger partial charge in [-0.3, -0.25) is 4.79 Å². The van der Waals surface area contributed by atoms with E-state index in [2.05, 4.69) is 10.4 Å². The quantitative estimate of drug-likeness (QED) is 0.696. The molecule has 27 heavy (non-hydrogen) atoms. The van der Waals surface area contributed by atoms with Crippen LogP contribution in [0.15, 0.2) is 48.5 Å². The van der Waals surface area contributed by atoms with Crippen LogP contribution in [0.5, 0.6) is 5.75 Å². The van der Waals surface area contributed by atoms with Crippen LogP contribution in [0.4, 0.5) is 4.39 Å². The fourth-order valence-electron chi connectivity index (χ4n) is 2.69. The molecule has 1 heterocycles. The molecule has 1 N–H and O–H groups in total. The number of methoxy groups -OCH3 is 1. The van der Waals surface area contributed by atoms with Crippen LogP contribution < -0.4 is 10.1 Å². The van der Waals surface area contributed by atoms with E-state index in [1.54, 1.807) is 26.2 Å². The van der Waals surface area contributed by atoms with Gasteiger partial charge in [-0.05, 0) is 42.3 Å². The number of ether oxygens (including phenoxy) is 1. The molecule has 0 aliphatic heterocycles. The normalized spacial score (nSPS) is 10.7. The highest BCUT2D eigenvalue weighted by Gasteiger charge is 2.20. The molecule has 0 unspecified atom stereocenters. The van der Waals surface area contributed by atoms with Crippen molar-refractivity contribution in [1.82, 2.24) is 15.1 Å². The van der Waals surface area contributed by atoms with Gasteiger partial charge in [0.25, 0.3) is 5.91 Å². The Hall–Kier alpha value is -2.86. The molecule has 0 saturated carbocycles. The average Bonchev–Trinajstić information content (AvgIpc) is 2.95. The largest absolute Gasteiger partial charge is 0.497 e. The Bertz CT molecular complexity index is 937. The highest BCUT2D eigenvalue weighted by Crippen LogP contribution is 2.21. The van der Waals surface area contributed by atoms with E-state index in [4.69, 9.17) is 16.3 Å². The van der Waals surface area contributed by atoms with Crippen molar-refractivity contribution in [3.05, 3.63) is 81.9 Å². The third kappa shape index (κ3) is 4.46. The van der Waals surface area contributed by atoms with Crippen LogP contribution in [0.1, 0.15) is 27.2 Å². The highest BCUT2D eigenvalue weighted by molar-refractivity contribution is 6.33. The molecule has 7 heteroatoms. The molecule has 0 bridgehead atoms. The lowest BCUT2D eigenvalue weighted by atomic mass is 10.2. The van der Waals surface area contributed by atoms with Crippen molar-refractivity contribution < 1.29 is 13.9 Å². The molecule has 5 nitrogen and oxygen atoms in total. The Balaban J connectivity index is 1.70. The first-order chi connectivity index (χ1) is 13.0. The highest BCUT2D eigenvalue weighted by atomic mass is 35.5. The lowest BCUT2D eigenvalue weighted by Gasteiger charge is -2.07. The number of aromatic nitrogens is 2. The molecular weight excluding hydrogens is 369 g/mol. The molecule has 0 fully saturated rings. The average molecular weight is 388 g/mol. The maximum atomic E-state index is 13.0. The van der Waals surface area contributed by atoms with Gasteiger partial charge in [0.15, 0.2) is 0 Å². The molecule has 0 aliphatic carbocycles. The van der Waals surface area contributed by atoms with E-state index < -0.39 is 0 Å². The first-order valence-electron chi connectivity index (χ1n) is 8.36. The van der Waals surface area contributed by atoms with Crippen LogP contribution in [0, 0.1) is 12.7 Å². The van der Waals surface area contributed by atoms with Gasteiger partial charge in [0.2, 0.25) is 0 Å². The number of aryl methyl sites for hydroxylation is 1. The van der Waals surface area contributed by atoms with Gasteiger partial charge in [-0.2, -0.15) is 5.10 Å². The van der Waals surface area contributed by atoms with Gasteiger partial charge in [0.05, 0.1) is 24.9 Å². The number of hydrogen-bond donors (Lipinski definition) is 1. The minimum Gasteiger partial charge on any atom is -0.497 e. The number of hydrogen-bond acceptors (Lipinski definition) is 3. The predicted molar refractivity (Wildman–Crippen MR) is 102 cm³/mol. The van der Waals surface area contributed by atoms with Crippen LogP contribution in [-0.2, 0) is 13.1 Å². The van der Waals surface area contributed by atoms with Crippen molar-refractivity contribution in [2.45, 2.75) is 20.0 Å². The maximum Gasteiger partial charge on any atom is 0.256 e. The molecule has 1 amide bonds. The molecular formula is C20H19ClFN3O2. The number of benzene rings is 2. The molecule has 1 aromatic heterocycles. The number of carbonyl (C=O) groups is 1. The van der Waals surface area contributed by atoms with Crippen LogP contribution >= 0.6 is 11.6 Å². The summed E-state index contributed by atoms with van der Waals surface area (Å²) in [5, 5.41) is 7.45. The van der Waals surface area contributed by atoms with E-state index in [1.165, 1.54) is 16.8 Å². The van der Waals surface area contributed by atoms with Gasteiger partial charge in [-0.15, -0.1) is 0 Å². The second kappa shape index (κ2) is 8.22. The van der Waals surface area contributed by atoms with Gasteiger partial charge in [0, 0.05) is 6.54 Å². The Labute approximate surface area is 161 Å². The summed E-state index contributed by atoms with van der Waals surface area (Å²) >= 11 is 6.38. The second-order valence-corrected chi connectivity index (χ2v) is 6.42. The number of rotatable bonds is 6. The Kier molecular flexibility index (Phi) is 5.76. The SMILES string of the molecule is COc1ccc(CNC(=O)c2c(C)nn(Cc3ccc(F)cc3)c2Cl)cc1. The zero-order chi connectivity index (χ0) is 19.4. The lowest BCUT2D eigenvalue weighted by Crippen LogP contribution is -2.23. The summed E-state index contributed by atoms with van der Waals surface area (Å²) in [4.78, 5) is 12.6.